The summed E-state index contributed by atoms with van der Waals surface area (Å²) in [6.45, 7) is 5.61. The minimum atomic E-state index is -0.225. The van der Waals surface area contributed by atoms with Crippen LogP contribution < -0.4 is 9.47 Å². The van der Waals surface area contributed by atoms with Crippen LogP contribution in [0.15, 0.2) is 48.5 Å². The molecule has 3 atom stereocenters. The first-order chi connectivity index (χ1) is 17.5. The minimum Gasteiger partial charge on any atom is -0.497 e. The lowest BCUT2D eigenvalue weighted by Gasteiger charge is -2.41. The first-order valence-electron chi connectivity index (χ1n) is 12.9. The fraction of sp³-hybridized carbons (Fsp3) is 0.517. The standard InChI is InChI=1S/C29H38N2O5/c1-4-36-29(33)23-11-8-12-31(20-23)28(32)25-15-24(22-9-6-5-7-10-22)18-30(19-25)17-21-13-26(34-2)16-27(14-21)35-3/h5-7,9-10,13-14,16,23-25H,4,8,11-12,15,17-20H2,1-3H3. The highest BCUT2D eigenvalue weighted by Crippen LogP contribution is 2.34. The van der Waals surface area contributed by atoms with Gasteiger partial charge in [0.2, 0.25) is 5.91 Å². The molecule has 0 N–H and O–H groups in total. The molecule has 2 fully saturated rings. The summed E-state index contributed by atoms with van der Waals surface area (Å²) in [6, 6.07) is 16.4. The molecule has 2 heterocycles. The summed E-state index contributed by atoms with van der Waals surface area (Å²) in [6.07, 6.45) is 2.42. The number of esters is 1. The Balaban J connectivity index is 1.53. The smallest absolute Gasteiger partial charge is 0.310 e. The third kappa shape index (κ3) is 6.38. The molecule has 0 radical (unpaired) electrons. The van der Waals surface area contributed by atoms with Crippen molar-refractivity contribution in [2.75, 3.05) is 47.0 Å². The van der Waals surface area contributed by atoms with Gasteiger partial charge in [-0.1, -0.05) is 30.3 Å². The fourth-order valence-corrected chi connectivity index (χ4v) is 5.57. The summed E-state index contributed by atoms with van der Waals surface area (Å²) in [7, 11) is 3.31. The van der Waals surface area contributed by atoms with Crippen LogP contribution in [0.5, 0.6) is 11.5 Å². The Bertz CT molecular complexity index is 1010. The molecule has 0 spiro atoms. The summed E-state index contributed by atoms with van der Waals surface area (Å²) in [5.41, 5.74) is 2.35. The summed E-state index contributed by atoms with van der Waals surface area (Å²) < 4.78 is 16.2. The van der Waals surface area contributed by atoms with Gasteiger partial charge in [0.15, 0.2) is 0 Å². The molecule has 2 aliphatic heterocycles. The molecule has 194 valence electrons. The molecule has 36 heavy (non-hydrogen) atoms. The second-order valence-corrected chi connectivity index (χ2v) is 9.83. The second kappa shape index (κ2) is 12.3. The van der Waals surface area contributed by atoms with E-state index in [2.05, 4.69) is 29.2 Å². The first-order valence-corrected chi connectivity index (χ1v) is 12.9. The molecule has 1 amide bonds. The zero-order valence-electron chi connectivity index (χ0n) is 21.7. The molecule has 3 unspecified atom stereocenters. The summed E-state index contributed by atoms with van der Waals surface area (Å²) >= 11 is 0. The lowest BCUT2D eigenvalue weighted by atomic mass is 9.83. The van der Waals surface area contributed by atoms with Gasteiger partial charge < -0.3 is 19.1 Å². The summed E-state index contributed by atoms with van der Waals surface area (Å²) in [5.74, 6) is 1.38. The van der Waals surface area contributed by atoms with Crippen molar-refractivity contribution in [2.24, 2.45) is 11.8 Å². The van der Waals surface area contributed by atoms with Gasteiger partial charge in [0.1, 0.15) is 11.5 Å². The molecule has 0 bridgehead atoms. The van der Waals surface area contributed by atoms with Crippen molar-refractivity contribution in [1.82, 2.24) is 9.80 Å². The fourth-order valence-electron chi connectivity index (χ4n) is 5.57. The highest BCUT2D eigenvalue weighted by atomic mass is 16.5. The SMILES string of the molecule is CCOC(=O)C1CCCN(C(=O)C2CC(c3ccccc3)CN(Cc3cc(OC)cc(OC)c3)C2)C1. The van der Waals surface area contributed by atoms with E-state index in [1.54, 1.807) is 14.2 Å². The molecule has 7 heteroatoms. The predicted octanol–water partition coefficient (Wildman–Crippen LogP) is 4.11. The molecular weight excluding hydrogens is 456 g/mol. The van der Waals surface area contributed by atoms with E-state index in [-0.39, 0.29) is 29.6 Å². The van der Waals surface area contributed by atoms with Crippen LogP contribution in [0, 0.1) is 11.8 Å². The van der Waals surface area contributed by atoms with Gasteiger partial charge in [-0.2, -0.15) is 0 Å². The van der Waals surface area contributed by atoms with E-state index in [0.717, 1.165) is 42.9 Å². The molecule has 2 aromatic carbocycles. The van der Waals surface area contributed by atoms with Crippen molar-refractivity contribution < 1.29 is 23.8 Å². The van der Waals surface area contributed by atoms with Crippen LogP contribution in [0.3, 0.4) is 0 Å². The van der Waals surface area contributed by atoms with E-state index in [9.17, 15) is 9.59 Å². The average Bonchev–Trinajstić information content (AvgIpc) is 2.92. The number of likely N-dealkylation sites (tertiary alicyclic amines) is 2. The summed E-state index contributed by atoms with van der Waals surface area (Å²) in [5, 5.41) is 0. The lowest BCUT2D eigenvalue weighted by Crippen LogP contribution is -2.50. The maximum Gasteiger partial charge on any atom is 0.310 e. The molecule has 0 saturated carbocycles. The summed E-state index contributed by atoms with van der Waals surface area (Å²) in [4.78, 5) is 30.4. The number of methoxy groups -OCH3 is 2. The molecule has 0 aliphatic carbocycles. The third-order valence-electron chi connectivity index (χ3n) is 7.32. The van der Waals surface area contributed by atoms with Gasteiger partial charge in [0, 0.05) is 38.8 Å². The predicted molar refractivity (Wildman–Crippen MR) is 138 cm³/mol. The van der Waals surface area contributed by atoms with Crippen molar-refractivity contribution in [3.63, 3.8) is 0 Å². The van der Waals surface area contributed by atoms with E-state index >= 15 is 0 Å². The Kier molecular flexibility index (Phi) is 8.86. The van der Waals surface area contributed by atoms with E-state index in [1.165, 1.54) is 5.56 Å². The number of hydrogen-bond acceptors (Lipinski definition) is 6. The molecule has 0 aromatic heterocycles. The van der Waals surface area contributed by atoms with Crippen molar-refractivity contribution in [3.05, 3.63) is 59.7 Å². The monoisotopic (exact) mass is 494 g/mol. The van der Waals surface area contributed by atoms with Crippen molar-refractivity contribution in [2.45, 2.75) is 38.6 Å². The highest BCUT2D eigenvalue weighted by Gasteiger charge is 2.37. The average molecular weight is 495 g/mol. The number of carbonyl (C=O) groups excluding carboxylic acids is 2. The van der Waals surface area contributed by atoms with Crippen LogP contribution in [0.2, 0.25) is 0 Å². The Labute approximate surface area is 214 Å². The molecule has 2 saturated heterocycles. The number of piperidine rings is 2. The van der Waals surface area contributed by atoms with E-state index in [1.807, 2.05) is 36.1 Å². The topological polar surface area (TPSA) is 68.3 Å². The van der Waals surface area contributed by atoms with Crippen LogP contribution in [0.25, 0.3) is 0 Å². The number of benzene rings is 2. The highest BCUT2D eigenvalue weighted by molar-refractivity contribution is 5.81. The van der Waals surface area contributed by atoms with Gasteiger partial charge in [-0.15, -0.1) is 0 Å². The van der Waals surface area contributed by atoms with Gasteiger partial charge in [-0.25, -0.2) is 0 Å². The second-order valence-electron chi connectivity index (χ2n) is 9.83. The zero-order valence-corrected chi connectivity index (χ0v) is 21.7. The van der Waals surface area contributed by atoms with E-state index in [4.69, 9.17) is 14.2 Å². The number of amides is 1. The van der Waals surface area contributed by atoms with Gasteiger partial charge in [-0.05, 0) is 55.4 Å². The van der Waals surface area contributed by atoms with Crippen molar-refractivity contribution in [3.8, 4) is 11.5 Å². The largest absolute Gasteiger partial charge is 0.497 e. The molecular formula is C29H38N2O5. The van der Waals surface area contributed by atoms with Gasteiger partial charge in [-0.3, -0.25) is 14.5 Å². The Hall–Kier alpha value is -3.06. The van der Waals surface area contributed by atoms with Crippen LogP contribution in [0.4, 0.5) is 0 Å². The number of hydrogen-bond donors (Lipinski definition) is 0. The minimum absolute atomic E-state index is 0.127. The van der Waals surface area contributed by atoms with Crippen LogP contribution >= 0.6 is 0 Å². The Morgan fingerprint density at radius 2 is 1.67 bits per heavy atom. The number of carbonyl (C=O) groups is 2. The zero-order chi connectivity index (χ0) is 25.5. The molecule has 4 rings (SSSR count). The number of ether oxygens (including phenoxy) is 3. The number of rotatable bonds is 8. The maximum atomic E-state index is 13.8. The lowest BCUT2D eigenvalue weighted by molar-refractivity contribution is -0.152. The van der Waals surface area contributed by atoms with E-state index < -0.39 is 0 Å². The Morgan fingerprint density at radius 1 is 0.944 bits per heavy atom. The van der Waals surface area contributed by atoms with Gasteiger partial charge in [0.25, 0.3) is 0 Å². The quantitative estimate of drug-likeness (QED) is 0.515. The maximum absolute atomic E-state index is 13.8. The van der Waals surface area contributed by atoms with Crippen LogP contribution in [-0.2, 0) is 20.9 Å². The van der Waals surface area contributed by atoms with Crippen molar-refractivity contribution >= 4 is 11.9 Å². The van der Waals surface area contributed by atoms with E-state index in [0.29, 0.717) is 32.8 Å². The molecule has 2 aromatic rings. The van der Waals surface area contributed by atoms with Crippen LogP contribution in [-0.4, -0.2) is 68.7 Å². The van der Waals surface area contributed by atoms with Gasteiger partial charge in [0.05, 0.1) is 32.7 Å². The van der Waals surface area contributed by atoms with Gasteiger partial charge >= 0.3 is 5.97 Å². The third-order valence-corrected chi connectivity index (χ3v) is 7.32. The normalized spacial score (nSPS) is 22.6. The van der Waals surface area contributed by atoms with Crippen LogP contribution in [0.1, 0.15) is 43.2 Å². The number of nitrogens with zero attached hydrogens (tertiary/aromatic N) is 2. The van der Waals surface area contributed by atoms with Crippen molar-refractivity contribution in [1.29, 1.82) is 0 Å². The Morgan fingerprint density at radius 3 is 2.33 bits per heavy atom. The molecule has 7 nitrogen and oxygen atoms in total. The first kappa shape index (κ1) is 26.0. The molecule has 2 aliphatic rings.